The van der Waals surface area contributed by atoms with Gasteiger partial charge in [0, 0.05) is 23.5 Å². The molecule has 0 bridgehead atoms. The Labute approximate surface area is 121 Å². The summed E-state index contributed by atoms with van der Waals surface area (Å²) in [6.45, 7) is 0.439. The van der Waals surface area contributed by atoms with E-state index in [-0.39, 0.29) is 5.75 Å². The minimum atomic E-state index is -0.602. The lowest BCUT2D eigenvalue weighted by molar-refractivity contribution is 0.259. The smallest absolute Gasteiger partial charge is 0.316 e. The van der Waals surface area contributed by atoms with Crippen LogP contribution in [-0.4, -0.2) is 11.1 Å². The first-order valence-electron chi connectivity index (χ1n) is 5.93. The number of phenols is 1. The van der Waals surface area contributed by atoms with Crippen LogP contribution in [0, 0.1) is 0 Å². The Bertz CT molecular complexity index is 614. The van der Waals surface area contributed by atoms with Crippen molar-refractivity contribution < 1.29 is 9.90 Å². The van der Waals surface area contributed by atoms with E-state index in [1.165, 1.54) is 0 Å². The lowest BCUT2D eigenvalue weighted by Gasteiger charge is -2.10. The largest absolute Gasteiger partial charge is 0.506 e. The standard InChI is InChI=1S/C14H14ClN3O2/c15-12-3-1-2-9(13(12)19)8-17-10-4-6-11(7-5-10)18-14(16)20/h1-7,17,19H,8H2,(H3,16,18,20). The number of hydrogen-bond acceptors (Lipinski definition) is 3. The number of benzene rings is 2. The molecule has 20 heavy (non-hydrogen) atoms. The van der Waals surface area contributed by atoms with Crippen LogP contribution in [0.3, 0.4) is 0 Å². The number of rotatable bonds is 4. The van der Waals surface area contributed by atoms with Gasteiger partial charge in [0.15, 0.2) is 0 Å². The number of halogens is 1. The van der Waals surface area contributed by atoms with E-state index in [0.717, 1.165) is 5.69 Å². The fraction of sp³-hybridized carbons (Fsp3) is 0.0714. The minimum Gasteiger partial charge on any atom is -0.506 e. The van der Waals surface area contributed by atoms with Crippen molar-refractivity contribution in [2.45, 2.75) is 6.54 Å². The van der Waals surface area contributed by atoms with Gasteiger partial charge in [-0.1, -0.05) is 23.7 Å². The zero-order chi connectivity index (χ0) is 14.5. The number of primary amides is 1. The van der Waals surface area contributed by atoms with E-state index in [1.54, 1.807) is 42.5 Å². The molecule has 6 heteroatoms. The number of carbonyl (C=O) groups excluding carboxylic acids is 1. The molecule has 0 aliphatic carbocycles. The highest BCUT2D eigenvalue weighted by Gasteiger charge is 2.04. The van der Waals surface area contributed by atoms with Gasteiger partial charge in [-0.05, 0) is 30.3 Å². The van der Waals surface area contributed by atoms with Crippen LogP contribution >= 0.6 is 11.6 Å². The average Bonchev–Trinajstić information content (AvgIpc) is 2.41. The van der Waals surface area contributed by atoms with E-state index < -0.39 is 6.03 Å². The van der Waals surface area contributed by atoms with Crippen molar-refractivity contribution in [3.05, 3.63) is 53.1 Å². The summed E-state index contributed by atoms with van der Waals surface area (Å²) in [5.41, 5.74) is 7.19. The second-order valence-corrected chi connectivity index (χ2v) is 4.57. The van der Waals surface area contributed by atoms with Gasteiger partial charge < -0.3 is 21.5 Å². The van der Waals surface area contributed by atoms with Gasteiger partial charge in [0.1, 0.15) is 5.75 Å². The summed E-state index contributed by atoms with van der Waals surface area (Å²) in [6.07, 6.45) is 0. The number of urea groups is 1. The topological polar surface area (TPSA) is 87.4 Å². The molecule has 0 fully saturated rings. The molecule has 2 amide bonds. The van der Waals surface area contributed by atoms with Crippen LogP contribution in [0.5, 0.6) is 5.75 Å². The normalized spacial score (nSPS) is 10.1. The molecule has 0 aliphatic heterocycles. The Morgan fingerprint density at radius 2 is 1.80 bits per heavy atom. The molecule has 0 saturated heterocycles. The number of nitrogens with two attached hydrogens (primary N) is 1. The molecule has 0 saturated carbocycles. The van der Waals surface area contributed by atoms with Gasteiger partial charge in [-0.15, -0.1) is 0 Å². The molecular weight excluding hydrogens is 278 g/mol. The predicted molar refractivity (Wildman–Crippen MR) is 80.1 cm³/mol. The van der Waals surface area contributed by atoms with E-state index >= 15 is 0 Å². The quantitative estimate of drug-likeness (QED) is 0.698. The van der Waals surface area contributed by atoms with E-state index in [0.29, 0.717) is 22.8 Å². The third-order valence-corrected chi connectivity index (χ3v) is 3.01. The van der Waals surface area contributed by atoms with Gasteiger partial charge >= 0.3 is 6.03 Å². The number of hydrogen-bond donors (Lipinski definition) is 4. The fourth-order valence-electron chi connectivity index (χ4n) is 1.71. The van der Waals surface area contributed by atoms with Crippen LogP contribution in [0.2, 0.25) is 5.02 Å². The first kappa shape index (κ1) is 14.0. The maximum Gasteiger partial charge on any atom is 0.316 e. The lowest BCUT2D eigenvalue weighted by atomic mass is 10.2. The number of nitrogens with one attached hydrogen (secondary N) is 2. The summed E-state index contributed by atoms with van der Waals surface area (Å²) in [5, 5.41) is 15.7. The SMILES string of the molecule is NC(=O)Nc1ccc(NCc2cccc(Cl)c2O)cc1. The van der Waals surface area contributed by atoms with Crippen LogP contribution in [0.1, 0.15) is 5.56 Å². The van der Waals surface area contributed by atoms with Gasteiger partial charge in [0.25, 0.3) is 0 Å². The summed E-state index contributed by atoms with van der Waals surface area (Å²) in [4.78, 5) is 10.7. The highest BCUT2D eigenvalue weighted by molar-refractivity contribution is 6.32. The Balaban J connectivity index is 2.00. The van der Waals surface area contributed by atoms with Crippen molar-refractivity contribution in [1.82, 2.24) is 0 Å². The van der Waals surface area contributed by atoms with Crippen molar-refractivity contribution in [2.24, 2.45) is 5.73 Å². The molecule has 2 aromatic rings. The Morgan fingerprint density at radius 1 is 1.15 bits per heavy atom. The molecule has 104 valence electrons. The van der Waals surface area contributed by atoms with E-state index in [9.17, 15) is 9.90 Å². The molecular formula is C14H14ClN3O2. The van der Waals surface area contributed by atoms with E-state index in [4.69, 9.17) is 17.3 Å². The first-order valence-corrected chi connectivity index (χ1v) is 6.31. The summed E-state index contributed by atoms with van der Waals surface area (Å²) in [7, 11) is 0. The van der Waals surface area contributed by atoms with E-state index in [2.05, 4.69) is 10.6 Å². The third kappa shape index (κ3) is 3.55. The molecule has 0 aliphatic rings. The van der Waals surface area contributed by atoms with Gasteiger partial charge in [-0.2, -0.15) is 0 Å². The number of aromatic hydroxyl groups is 1. The molecule has 2 rings (SSSR count). The molecule has 5 N–H and O–H groups in total. The van der Waals surface area contributed by atoms with Crippen molar-refractivity contribution in [2.75, 3.05) is 10.6 Å². The number of para-hydroxylation sites is 1. The maximum absolute atomic E-state index is 10.7. The van der Waals surface area contributed by atoms with Crippen molar-refractivity contribution in [1.29, 1.82) is 0 Å². The maximum atomic E-state index is 10.7. The summed E-state index contributed by atoms with van der Waals surface area (Å²) in [6, 6.07) is 11.6. The Kier molecular flexibility index (Phi) is 4.32. The van der Waals surface area contributed by atoms with Crippen molar-refractivity contribution >= 4 is 29.0 Å². The number of anilines is 2. The molecule has 0 radical (unpaired) electrons. The summed E-state index contributed by atoms with van der Waals surface area (Å²) < 4.78 is 0. The van der Waals surface area contributed by atoms with Crippen LogP contribution < -0.4 is 16.4 Å². The third-order valence-electron chi connectivity index (χ3n) is 2.71. The molecule has 0 spiro atoms. The first-order chi connectivity index (χ1) is 9.56. The number of carbonyl (C=O) groups is 1. The molecule has 5 nitrogen and oxygen atoms in total. The second-order valence-electron chi connectivity index (χ2n) is 4.17. The Morgan fingerprint density at radius 3 is 2.45 bits per heavy atom. The molecule has 0 atom stereocenters. The van der Waals surface area contributed by atoms with Gasteiger partial charge in [0.2, 0.25) is 0 Å². The number of amides is 2. The van der Waals surface area contributed by atoms with Crippen LogP contribution in [0.25, 0.3) is 0 Å². The molecule has 0 heterocycles. The van der Waals surface area contributed by atoms with Crippen LogP contribution in [0.15, 0.2) is 42.5 Å². The zero-order valence-electron chi connectivity index (χ0n) is 10.6. The predicted octanol–water partition coefficient (Wildman–Crippen LogP) is 3.15. The van der Waals surface area contributed by atoms with Crippen molar-refractivity contribution in [3.63, 3.8) is 0 Å². The van der Waals surface area contributed by atoms with Gasteiger partial charge in [-0.3, -0.25) is 0 Å². The monoisotopic (exact) mass is 291 g/mol. The van der Waals surface area contributed by atoms with Crippen LogP contribution in [-0.2, 0) is 6.54 Å². The molecule has 0 aromatic heterocycles. The Hall–Kier alpha value is -2.40. The van der Waals surface area contributed by atoms with Crippen LogP contribution in [0.4, 0.5) is 16.2 Å². The minimum absolute atomic E-state index is 0.0775. The summed E-state index contributed by atoms with van der Waals surface area (Å²) >= 11 is 5.83. The highest BCUT2D eigenvalue weighted by atomic mass is 35.5. The average molecular weight is 292 g/mol. The molecule has 0 unspecified atom stereocenters. The zero-order valence-corrected chi connectivity index (χ0v) is 11.3. The molecule has 2 aromatic carbocycles. The highest BCUT2D eigenvalue weighted by Crippen LogP contribution is 2.27. The number of phenolic OH excluding ortho intramolecular Hbond substituents is 1. The summed E-state index contributed by atoms with van der Waals surface area (Å²) in [5.74, 6) is 0.0775. The van der Waals surface area contributed by atoms with Gasteiger partial charge in [0.05, 0.1) is 5.02 Å². The second kappa shape index (κ2) is 6.16. The van der Waals surface area contributed by atoms with E-state index in [1.807, 2.05) is 0 Å². The lowest BCUT2D eigenvalue weighted by Crippen LogP contribution is -2.19. The van der Waals surface area contributed by atoms with Gasteiger partial charge in [-0.25, -0.2) is 4.79 Å². The van der Waals surface area contributed by atoms with Crippen molar-refractivity contribution in [3.8, 4) is 5.75 Å². The fourth-order valence-corrected chi connectivity index (χ4v) is 1.91.